The first kappa shape index (κ1) is 15.4. The van der Waals surface area contributed by atoms with Crippen molar-refractivity contribution < 1.29 is 22.3 Å². The molecule has 0 spiro atoms. The van der Waals surface area contributed by atoms with Gasteiger partial charge < -0.3 is 4.74 Å². The van der Waals surface area contributed by atoms with E-state index in [9.17, 15) is 17.6 Å². The van der Waals surface area contributed by atoms with E-state index in [0.29, 0.717) is 0 Å². The van der Waals surface area contributed by atoms with Crippen LogP contribution in [0.4, 0.5) is 10.1 Å². The second-order valence-corrected chi connectivity index (χ2v) is 5.92. The first-order valence-electron chi connectivity index (χ1n) is 5.31. The minimum absolute atomic E-state index is 0.181. The summed E-state index contributed by atoms with van der Waals surface area (Å²) < 4.78 is 43.4. The van der Waals surface area contributed by atoms with Gasteiger partial charge in [-0.25, -0.2) is 8.70 Å². The minimum atomic E-state index is -3.87. The predicted octanol–water partition coefficient (Wildman–Crippen LogP) is 0.611. The highest BCUT2D eigenvalue weighted by Gasteiger charge is 2.27. The molecular weight excluding hydrogens is 275 g/mol. The molecule has 0 saturated heterocycles. The lowest BCUT2D eigenvalue weighted by molar-refractivity contribution is -0.138. The Kier molecular flexibility index (Phi) is 4.84. The van der Waals surface area contributed by atoms with Crippen LogP contribution >= 0.6 is 0 Å². The number of halogens is 1. The van der Waals surface area contributed by atoms with E-state index in [1.807, 2.05) is 0 Å². The average Bonchev–Trinajstić information content (AvgIpc) is 2.36. The molecule has 0 heterocycles. The van der Waals surface area contributed by atoms with Crippen molar-refractivity contribution in [2.24, 2.45) is 0 Å². The summed E-state index contributed by atoms with van der Waals surface area (Å²) in [5, 5.41) is 0. The van der Waals surface area contributed by atoms with Crippen LogP contribution in [-0.4, -0.2) is 46.4 Å². The fourth-order valence-electron chi connectivity index (χ4n) is 1.29. The Balaban J connectivity index is 3.20. The molecule has 0 atom stereocenters. The number of esters is 1. The van der Waals surface area contributed by atoms with Crippen LogP contribution in [0.1, 0.15) is 0 Å². The molecule has 0 bridgehead atoms. The van der Waals surface area contributed by atoms with E-state index >= 15 is 0 Å². The Bertz CT molecular complexity index is 542. The van der Waals surface area contributed by atoms with Crippen LogP contribution in [0, 0.1) is 5.82 Å². The summed E-state index contributed by atoms with van der Waals surface area (Å²) in [4.78, 5) is 11.3. The zero-order valence-electron chi connectivity index (χ0n) is 10.8. The summed E-state index contributed by atoms with van der Waals surface area (Å²) in [6, 6.07) is 4.79. The summed E-state index contributed by atoms with van der Waals surface area (Å²) in [6.07, 6.45) is 0. The van der Waals surface area contributed by atoms with Gasteiger partial charge in [0, 0.05) is 14.1 Å². The van der Waals surface area contributed by atoms with E-state index in [1.165, 1.54) is 26.2 Å². The fourth-order valence-corrected chi connectivity index (χ4v) is 2.34. The van der Waals surface area contributed by atoms with E-state index in [2.05, 4.69) is 4.74 Å². The number of benzene rings is 1. The van der Waals surface area contributed by atoms with Crippen LogP contribution in [0.2, 0.25) is 0 Å². The Morgan fingerprint density at radius 1 is 1.26 bits per heavy atom. The van der Waals surface area contributed by atoms with Crippen LogP contribution in [0.25, 0.3) is 0 Å². The maximum Gasteiger partial charge on any atom is 0.326 e. The smallest absolute Gasteiger partial charge is 0.326 e. The molecule has 0 aromatic heterocycles. The van der Waals surface area contributed by atoms with Gasteiger partial charge >= 0.3 is 16.2 Å². The van der Waals surface area contributed by atoms with Crippen LogP contribution in [0.5, 0.6) is 0 Å². The van der Waals surface area contributed by atoms with Crippen molar-refractivity contribution in [1.82, 2.24) is 4.31 Å². The number of carbonyl (C=O) groups is 1. The third kappa shape index (κ3) is 3.65. The molecule has 0 amide bonds. The van der Waals surface area contributed by atoms with Crippen LogP contribution in [0.3, 0.4) is 0 Å². The van der Waals surface area contributed by atoms with Crippen molar-refractivity contribution in [3.8, 4) is 0 Å². The van der Waals surface area contributed by atoms with Crippen LogP contribution in [0.15, 0.2) is 24.3 Å². The summed E-state index contributed by atoms with van der Waals surface area (Å²) in [6.45, 7) is -0.483. The lowest BCUT2D eigenvalue weighted by Crippen LogP contribution is -2.43. The Hall–Kier alpha value is -1.67. The lowest BCUT2D eigenvalue weighted by Gasteiger charge is -2.26. The number of rotatable bonds is 5. The molecule has 19 heavy (non-hydrogen) atoms. The minimum Gasteiger partial charge on any atom is -0.468 e. The number of ether oxygens (including phenoxy) is 1. The van der Waals surface area contributed by atoms with E-state index in [0.717, 1.165) is 27.9 Å². The van der Waals surface area contributed by atoms with E-state index in [-0.39, 0.29) is 5.69 Å². The molecule has 0 unspecified atom stereocenters. The molecule has 6 nitrogen and oxygen atoms in total. The summed E-state index contributed by atoms with van der Waals surface area (Å²) in [5.74, 6) is -1.21. The van der Waals surface area contributed by atoms with Crippen molar-refractivity contribution in [1.29, 1.82) is 0 Å². The Morgan fingerprint density at radius 2 is 1.79 bits per heavy atom. The molecular formula is C11H15FN2O4S. The fraction of sp³-hybridized carbons (Fsp3) is 0.364. The largest absolute Gasteiger partial charge is 0.468 e. The third-order valence-electron chi connectivity index (χ3n) is 2.35. The zero-order chi connectivity index (χ0) is 14.6. The first-order chi connectivity index (χ1) is 8.78. The maximum atomic E-state index is 12.9. The van der Waals surface area contributed by atoms with Crippen molar-refractivity contribution >= 4 is 21.9 Å². The molecule has 0 N–H and O–H groups in total. The van der Waals surface area contributed by atoms with Crippen LogP contribution in [-0.2, 0) is 19.7 Å². The quantitative estimate of drug-likeness (QED) is 0.745. The van der Waals surface area contributed by atoms with Gasteiger partial charge in [-0.05, 0) is 24.3 Å². The van der Waals surface area contributed by atoms with Gasteiger partial charge in [0.25, 0.3) is 0 Å². The number of nitrogens with zero attached hydrogens (tertiary/aromatic N) is 2. The molecule has 0 fully saturated rings. The molecule has 106 valence electrons. The molecule has 0 radical (unpaired) electrons. The van der Waals surface area contributed by atoms with Crippen molar-refractivity contribution in [3.63, 3.8) is 0 Å². The van der Waals surface area contributed by atoms with Gasteiger partial charge in [0.1, 0.15) is 12.4 Å². The van der Waals surface area contributed by atoms with Gasteiger partial charge in [-0.15, -0.1) is 0 Å². The molecule has 1 rings (SSSR count). The molecule has 8 heteroatoms. The third-order valence-corrected chi connectivity index (χ3v) is 4.17. The van der Waals surface area contributed by atoms with E-state index in [1.54, 1.807) is 0 Å². The van der Waals surface area contributed by atoms with Crippen molar-refractivity contribution in [2.45, 2.75) is 0 Å². The van der Waals surface area contributed by atoms with Crippen molar-refractivity contribution in [2.75, 3.05) is 32.1 Å². The maximum absolute atomic E-state index is 12.9. The van der Waals surface area contributed by atoms with E-state index in [4.69, 9.17) is 0 Å². The number of anilines is 1. The second-order valence-electron chi connectivity index (χ2n) is 3.85. The molecule has 0 aliphatic heterocycles. The standard InChI is InChI=1S/C11H15FN2O4S/c1-13(2)19(16,17)14(8-11(15)18-3)10-6-4-9(12)5-7-10/h4-7H,8H2,1-3H3. The topological polar surface area (TPSA) is 66.9 Å². The highest BCUT2D eigenvalue weighted by atomic mass is 32.2. The SMILES string of the molecule is COC(=O)CN(c1ccc(F)cc1)S(=O)(=O)N(C)C. The number of hydrogen-bond acceptors (Lipinski definition) is 4. The van der Waals surface area contributed by atoms with Gasteiger partial charge in [-0.2, -0.15) is 12.7 Å². The normalized spacial score (nSPS) is 11.4. The lowest BCUT2D eigenvalue weighted by atomic mass is 10.3. The number of carbonyl (C=O) groups excluding carboxylic acids is 1. The van der Waals surface area contributed by atoms with Gasteiger partial charge in [0.15, 0.2) is 0 Å². The Labute approximate surface area is 111 Å². The van der Waals surface area contributed by atoms with Gasteiger partial charge in [0.2, 0.25) is 0 Å². The molecule has 0 aliphatic rings. The van der Waals surface area contributed by atoms with Gasteiger partial charge in [-0.1, -0.05) is 0 Å². The summed E-state index contributed by atoms with van der Waals surface area (Å²) in [5.41, 5.74) is 0.181. The highest BCUT2D eigenvalue weighted by Crippen LogP contribution is 2.19. The highest BCUT2D eigenvalue weighted by molar-refractivity contribution is 7.90. The average molecular weight is 290 g/mol. The monoisotopic (exact) mass is 290 g/mol. The molecule has 1 aromatic rings. The zero-order valence-corrected chi connectivity index (χ0v) is 11.6. The predicted molar refractivity (Wildman–Crippen MR) is 68.4 cm³/mol. The number of methoxy groups -OCH3 is 1. The molecule has 1 aromatic carbocycles. The van der Waals surface area contributed by atoms with Crippen molar-refractivity contribution in [3.05, 3.63) is 30.1 Å². The molecule has 0 saturated carbocycles. The Morgan fingerprint density at radius 3 is 2.21 bits per heavy atom. The van der Waals surface area contributed by atoms with Gasteiger partial charge in [-0.3, -0.25) is 4.79 Å². The van der Waals surface area contributed by atoms with E-state index < -0.39 is 28.5 Å². The van der Waals surface area contributed by atoms with Crippen LogP contribution < -0.4 is 4.31 Å². The molecule has 0 aliphatic carbocycles. The van der Waals surface area contributed by atoms with Gasteiger partial charge in [0.05, 0.1) is 12.8 Å². The number of hydrogen-bond donors (Lipinski definition) is 0. The summed E-state index contributed by atoms with van der Waals surface area (Å²) in [7, 11) is -0.0336. The second kappa shape index (κ2) is 5.98. The summed E-state index contributed by atoms with van der Waals surface area (Å²) >= 11 is 0. The first-order valence-corrected chi connectivity index (χ1v) is 6.71.